The second-order valence-electron chi connectivity index (χ2n) is 6.62. The first-order valence-electron chi connectivity index (χ1n) is 8.24. The molecular weight excluding hydrogens is 294 g/mol. The Bertz CT molecular complexity index is 623. The zero-order valence-corrected chi connectivity index (χ0v) is 13.6. The molecule has 1 fully saturated rings. The molecule has 3 unspecified atom stereocenters. The van der Waals surface area contributed by atoms with Crippen LogP contribution < -0.4 is 0 Å². The van der Waals surface area contributed by atoms with Gasteiger partial charge in [0.15, 0.2) is 0 Å². The van der Waals surface area contributed by atoms with Gasteiger partial charge < -0.3 is 14.7 Å². The van der Waals surface area contributed by atoms with Crippen LogP contribution in [0.1, 0.15) is 54.9 Å². The number of carbonyl (C=O) groups is 2. The molecule has 1 N–H and O–H groups in total. The quantitative estimate of drug-likeness (QED) is 0.927. The molecule has 23 heavy (non-hydrogen) atoms. The third-order valence-corrected chi connectivity index (χ3v) is 5.36. The normalized spacial score (nSPS) is 30.3. The van der Waals surface area contributed by atoms with Crippen molar-refractivity contribution in [2.45, 2.75) is 50.7 Å². The molecule has 0 saturated carbocycles. The summed E-state index contributed by atoms with van der Waals surface area (Å²) in [7, 11) is 0. The van der Waals surface area contributed by atoms with Gasteiger partial charge in [-0.05, 0) is 37.8 Å². The molecule has 2 heterocycles. The molecule has 1 saturated heterocycles. The Labute approximate surface area is 136 Å². The number of rotatable bonds is 4. The molecule has 0 aromatic heterocycles. The van der Waals surface area contributed by atoms with E-state index < -0.39 is 17.4 Å². The second-order valence-corrected chi connectivity index (χ2v) is 6.62. The molecule has 2 aliphatic rings. The number of carboxylic acid groups (broad SMARTS) is 1. The molecule has 0 radical (unpaired) electrons. The van der Waals surface area contributed by atoms with E-state index in [1.165, 1.54) is 0 Å². The summed E-state index contributed by atoms with van der Waals surface area (Å²) in [5, 5.41) is 9.85. The van der Waals surface area contributed by atoms with Crippen molar-refractivity contribution in [3.63, 3.8) is 0 Å². The molecule has 0 aliphatic carbocycles. The number of carbonyl (C=O) groups excluding carboxylic acids is 1. The van der Waals surface area contributed by atoms with Crippen LogP contribution in [-0.4, -0.2) is 46.7 Å². The van der Waals surface area contributed by atoms with Gasteiger partial charge >= 0.3 is 5.97 Å². The Morgan fingerprint density at radius 1 is 1.43 bits per heavy atom. The lowest BCUT2D eigenvalue weighted by Gasteiger charge is -2.49. The highest BCUT2D eigenvalue weighted by molar-refractivity contribution is 6.00. The first-order chi connectivity index (χ1) is 11.0. The maximum atomic E-state index is 13.0. The van der Waals surface area contributed by atoms with E-state index in [1.54, 1.807) is 29.2 Å². The molecule has 0 spiro atoms. The van der Waals surface area contributed by atoms with Crippen LogP contribution in [0.2, 0.25) is 0 Å². The van der Waals surface area contributed by atoms with E-state index >= 15 is 0 Å². The van der Waals surface area contributed by atoms with Crippen LogP contribution in [0.3, 0.4) is 0 Å². The predicted octanol–water partition coefficient (Wildman–Crippen LogP) is 2.66. The minimum atomic E-state index is -0.883. The molecule has 1 aromatic rings. The van der Waals surface area contributed by atoms with E-state index in [9.17, 15) is 14.7 Å². The number of carboxylic acids is 1. The highest BCUT2D eigenvalue weighted by Gasteiger charge is 2.51. The van der Waals surface area contributed by atoms with E-state index in [4.69, 9.17) is 4.74 Å². The first-order valence-corrected chi connectivity index (χ1v) is 8.24. The van der Waals surface area contributed by atoms with E-state index in [2.05, 4.69) is 0 Å². The molecule has 0 bridgehead atoms. The summed E-state index contributed by atoms with van der Waals surface area (Å²) in [6.45, 7) is 5.00. The standard InChI is InChI=1S/C18H23NO4/c1-3-18(2)15(17(21)22)13-8-4-5-9-14(13)16(20)19(18)11-12-7-6-10-23-12/h4-5,8-9,12,15H,3,6-7,10-11H2,1-2H3,(H,21,22). The van der Waals surface area contributed by atoms with Crippen LogP contribution in [0.25, 0.3) is 0 Å². The predicted molar refractivity (Wildman–Crippen MR) is 85.5 cm³/mol. The number of hydrogen-bond donors (Lipinski definition) is 1. The van der Waals surface area contributed by atoms with Gasteiger partial charge in [-0.2, -0.15) is 0 Å². The minimum Gasteiger partial charge on any atom is -0.481 e. The van der Waals surface area contributed by atoms with Crippen molar-refractivity contribution in [1.82, 2.24) is 4.90 Å². The van der Waals surface area contributed by atoms with Crippen molar-refractivity contribution < 1.29 is 19.4 Å². The number of aliphatic carboxylic acids is 1. The van der Waals surface area contributed by atoms with Crippen molar-refractivity contribution in [3.8, 4) is 0 Å². The summed E-state index contributed by atoms with van der Waals surface area (Å²) in [6.07, 6.45) is 2.50. The van der Waals surface area contributed by atoms with Crippen molar-refractivity contribution in [2.24, 2.45) is 0 Å². The van der Waals surface area contributed by atoms with Gasteiger partial charge in [0.2, 0.25) is 0 Å². The molecular formula is C18H23NO4. The zero-order valence-electron chi connectivity index (χ0n) is 13.6. The lowest BCUT2D eigenvalue weighted by atomic mass is 9.72. The fraction of sp³-hybridized carbons (Fsp3) is 0.556. The lowest BCUT2D eigenvalue weighted by Crippen LogP contribution is -2.60. The van der Waals surface area contributed by atoms with E-state index in [1.807, 2.05) is 13.8 Å². The molecule has 124 valence electrons. The van der Waals surface area contributed by atoms with Gasteiger partial charge in [0.05, 0.1) is 11.6 Å². The Hall–Kier alpha value is -1.88. The average Bonchev–Trinajstić information content (AvgIpc) is 3.04. The summed E-state index contributed by atoms with van der Waals surface area (Å²) >= 11 is 0. The zero-order chi connectivity index (χ0) is 16.6. The maximum absolute atomic E-state index is 13.0. The van der Waals surface area contributed by atoms with Crippen LogP contribution in [0.4, 0.5) is 0 Å². The fourth-order valence-corrected chi connectivity index (χ4v) is 3.89. The van der Waals surface area contributed by atoms with Gasteiger partial charge in [-0.3, -0.25) is 9.59 Å². The largest absolute Gasteiger partial charge is 0.481 e. The number of ether oxygens (including phenoxy) is 1. The molecule has 5 nitrogen and oxygen atoms in total. The Morgan fingerprint density at radius 3 is 2.78 bits per heavy atom. The second kappa shape index (κ2) is 5.96. The van der Waals surface area contributed by atoms with E-state index in [0.717, 1.165) is 12.8 Å². The van der Waals surface area contributed by atoms with Crippen molar-refractivity contribution in [2.75, 3.05) is 13.2 Å². The maximum Gasteiger partial charge on any atom is 0.313 e. The topological polar surface area (TPSA) is 66.8 Å². The van der Waals surface area contributed by atoms with Gasteiger partial charge in [0.25, 0.3) is 5.91 Å². The van der Waals surface area contributed by atoms with Crippen LogP contribution >= 0.6 is 0 Å². The smallest absolute Gasteiger partial charge is 0.313 e. The number of nitrogens with zero attached hydrogens (tertiary/aromatic N) is 1. The Morgan fingerprint density at radius 2 is 2.17 bits per heavy atom. The average molecular weight is 317 g/mol. The molecule has 2 aliphatic heterocycles. The summed E-state index contributed by atoms with van der Waals surface area (Å²) in [5.41, 5.74) is 0.380. The van der Waals surface area contributed by atoms with Crippen molar-refractivity contribution in [3.05, 3.63) is 35.4 Å². The fourth-order valence-electron chi connectivity index (χ4n) is 3.89. The highest BCUT2D eigenvalue weighted by atomic mass is 16.5. The van der Waals surface area contributed by atoms with Gasteiger partial charge in [-0.1, -0.05) is 25.1 Å². The van der Waals surface area contributed by atoms with E-state index in [0.29, 0.717) is 30.7 Å². The van der Waals surface area contributed by atoms with Crippen molar-refractivity contribution >= 4 is 11.9 Å². The van der Waals surface area contributed by atoms with Gasteiger partial charge in [0.1, 0.15) is 5.92 Å². The number of benzene rings is 1. The number of hydrogen-bond acceptors (Lipinski definition) is 3. The van der Waals surface area contributed by atoms with Crippen molar-refractivity contribution in [1.29, 1.82) is 0 Å². The number of amides is 1. The first kappa shape index (κ1) is 16.0. The van der Waals surface area contributed by atoms with Crippen LogP contribution in [0, 0.1) is 0 Å². The molecule has 3 rings (SSSR count). The summed E-state index contributed by atoms with van der Waals surface area (Å²) in [6, 6.07) is 7.08. The minimum absolute atomic E-state index is 0.00420. The molecule has 5 heteroatoms. The summed E-state index contributed by atoms with van der Waals surface area (Å²) in [5.74, 6) is -1.69. The van der Waals surface area contributed by atoms with Gasteiger partial charge in [-0.15, -0.1) is 0 Å². The highest BCUT2D eigenvalue weighted by Crippen LogP contribution is 2.43. The summed E-state index contributed by atoms with van der Waals surface area (Å²) < 4.78 is 5.68. The monoisotopic (exact) mass is 317 g/mol. The van der Waals surface area contributed by atoms with Crippen LogP contribution in [0.15, 0.2) is 24.3 Å². The molecule has 3 atom stereocenters. The Kier molecular flexibility index (Phi) is 4.15. The third-order valence-electron chi connectivity index (χ3n) is 5.36. The van der Waals surface area contributed by atoms with E-state index in [-0.39, 0.29) is 12.0 Å². The number of fused-ring (bicyclic) bond motifs is 1. The van der Waals surface area contributed by atoms with Crippen LogP contribution in [0.5, 0.6) is 0 Å². The molecule has 1 aromatic carbocycles. The lowest BCUT2D eigenvalue weighted by molar-refractivity contribution is -0.143. The van der Waals surface area contributed by atoms with Gasteiger partial charge in [-0.25, -0.2) is 0 Å². The summed E-state index contributed by atoms with van der Waals surface area (Å²) in [4.78, 5) is 26.8. The third kappa shape index (κ3) is 2.53. The molecule has 1 amide bonds. The van der Waals surface area contributed by atoms with Gasteiger partial charge in [0, 0.05) is 18.7 Å². The van der Waals surface area contributed by atoms with Crippen LogP contribution in [-0.2, 0) is 9.53 Å². The SMILES string of the molecule is CCC1(C)C(C(=O)O)c2ccccc2C(=O)N1CC1CCCO1. The Balaban J connectivity index is 2.07.